The maximum atomic E-state index is 12.2. The third-order valence-electron chi connectivity index (χ3n) is 3.93. The number of amides is 1. The predicted octanol–water partition coefficient (Wildman–Crippen LogP) is 1.75. The Balaban J connectivity index is 1.92. The van der Waals surface area contributed by atoms with E-state index in [1.165, 1.54) is 12.8 Å². The highest BCUT2D eigenvalue weighted by atomic mass is 35.5. The number of likely N-dealkylation sites (N-methyl/N-ethyl adjacent to an activating group) is 1. The Morgan fingerprint density at radius 3 is 2.56 bits per heavy atom. The molecule has 1 aliphatic carbocycles. The lowest BCUT2D eigenvalue weighted by Crippen LogP contribution is -2.50. The van der Waals surface area contributed by atoms with E-state index < -0.39 is 0 Å². The third-order valence-corrected chi connectivity index (χ3v) is 4.25. The maximum Gasteiger partial charge on any atom is 0.237 e. The van der Waals surface area contributed by atoms with Crippen molar-refractivity contribution < 1.29 is 4.79 Å². The first-order valence-corrected chi connectivity index (χ1v) is 6.60. The summed E-state index contributed by atoms with van der Waals surface area (Å²) in [6.07, 6.45) is 5.46. The molecule has 2 unspecified atom stereocenters. The summed E-state index contributed by atoms with van der Waals surface area (Å²) >= 11 is 6.08. The van der Waals surface area contributed by atoms with Gasteiger partial charge in [0.15, 0.2) is 0 Å². The van der Waals surface area contributed by atoms with Crippen molar-refractivity contribution in [3.05, 3.63) is 0 Å². The molecule has 0 spiro atoms. The minimum atomic E-state index is -0.0278. The Morgan fingerprint density at radius 2 is 2.06 bits per heavy atom. The van der Waals surface area contributed by atoms with Gasteiger partial charge < -0.3 is 5.32 Å². The summed E-state index contributed by atoms with van der Waals surface area (Å²) in [4.78, 5) is 14.2. The number of nitrogens with one attached hydrogen (secondary N) is 1. The number of carbonyl (C=O) groups is 1. The van der Waals surface area contributed by atoms with E-state index in [1.807, 2.05) is 7.05 Å². The zero-order chi connectivity index (χ0) is 11.8. The number of hydrogen-bond donors (Lipinski definition) is 1. The standard InChI is InChI=1S/C12H21ClN2O/c1-12(5-3-4-6-12)14-11(16)10-7-9(13)8-15(10)2/h9-10H,3-8H2,1-2H3,(H,14,16). The fraction of sp³-hybridized carbons (Fsp3) is 0.917. The van der Waals surface area contributed by atoms with Crippen LogP contribution in [0, 0.1) is 0 Å². The van der Waals surface area contributed by atoms with Crippen molar-refractivity contribution in [1.82, 2.24) is 10.2 Å². The molecule has 16 heavy (non-hydrogen) atoms. The summed E-state index contributed by atoms with van der Waals surface area (Å²) in [5.74, 6) is 0.162. The molecule has 1 N–H and O–H groups in total. The second-order valence-corrected chi connectivity index (χ2v) is 6.16. The molecule has 2 fully saturated rings. The van der Waals surface area contributed by atoms with Gasteiger partial charge in [0.25, 0.3) is 0 Å². The van der Waals surface area contributed by atoms with Gasteiger partial charge in [0.05, 0.1) is 6.04 Å². The minimum absolute atomic E-state index is 0.0278. The van der Waals surface area contributed by atoms with E-state index in [9.17, 15) is 4.79 Å². The maximum absolute atomic E-state index is 12.2. The lowest BCUT2D eigenvalue weighted by molar-refractivity contribution is -0.126. The zero-order valence-electron chi connectivity index (χ0n) is 10.1. The van der Waals surface area contributed by atoms with Gasteiger partial charge in [-0.2, -0.15) is 0 Å². The molecule has 0 aromatic rings. The number of nitrogens with zero attached hydrogens (tertiary/aromatic N) is 1. The van der Waals surface area contributed by atoms with Crippen molar-refractivity contribution in [2.75, 3.05) is 13.6 Å². The SMILES string of the molecule is CN1CC(Cl)CC1C(=O)NC1(C)CCCC1. The molecule has 0 aromatic heterocycles. The highest BCUT2D eigenvalue weighted by Crippen LogP contribution is 2.30. The van der Waals surface area contributed by atoms with E-state index in [0.717, 1.165) is 25.8 Å². The monoisotopic (exact) mass is 244 g/mol. The van der Waals surface area contributed by atoms with Crippen LogP contribution in [0.25, 0.3) is 0 Å². The number of carbonyl (C=O) groups excluding carboxylic acids is 1. The Labute approximate surface area is 103 Å². The molecule has 0 radical (unpaired) electrons. The van der Waals surface area contributed by atoms with Crippen LogP contribution in [-0.2, 0) is 4.79 Å². The van der Waals surface area contributed by atoms with Crippen molar-refractivity contribution in [2.45, 2.75) is 56.0 Å². The van der Waals surface area contributed by atoms with Crippen LogP contribution in [0.3, 0.4) is 0 Å². The van der Waals surface area contributed by atoms with Gasteiger partial charge in [-0.25, -0.2) is 0 Å². The van der Waals surface area contributed by atoms with Crippen molar-refractivity contribution in [3.8, 4) is 0 Å². The van der Waals surface area contributed by atoms with Gasteiger partial charge in [-0.15, -0.1) is 11.6 Å². The van der Waals surface area contributed by atoms with Crippen LogP contribution < -0.4 is 5.32 Å². The van der Waals surface area contributed by atoms with Gasteiger partial charge >= 0.3 is 0 Å². The Bertz CT molecular complexity index is 276. The summed E-state index contributed by atoms with van der Waals surface area (Å²) in [5, 5.41) is 3.33. The topological polar surface area (TPSA) is 32.3 Å². The largest absolute Gasteiger partial charge is 0.350 e. The molecule has 92 valence electrons. The average molecular weight is 245 g/mol. The molecule has 1 heterocycles. The fourth-order valence-corrected chi connectivity index (χ4v) is 3.29. The molecule has 1 aliphatic heterocycles. The second-order valence-electron chi connectivity index (χ2n) is 5.55. The van der Waals surface area contributed by atoms with E-state index in [0.29, 0.717) is 0 Å². The number of halogens is 1. The third kappa shape index (κ3) is 2.51. The second kappa shape index (κ2) is 4.53. The Kier molecular flexibility index (Phi) is 3.45. The Morgan fingerprint density at radius 1 is 1.44 bits per heavy atom. The summed E-state index contributed by atoms with van der Waals surface area (Å²) < 4.78 is 0. The average Bonchev–Trinajstić information content (AvgIpc) is 2.73. The first-order valence-electron chi connectivity index (χ1n) is 6.16. The molecule has 2 aliphatic rings. The van der Waals surface area contributed by atoms with Gasteiger partial charge in [-0.1, -0.05) is 12.8 Å². The highest BCUT2D eigenvalue weighted by molar-refractivity contribution is 6.21. The van der Waals surface area contributed by atoms with Gasteiger partial charge in [0.2, 0.25) is 5.91 Å². The van der Waals surface area contributed by atoms with Gasteiger partial charge in [-0.05, 0) is 33.2 Å². The van der Waals surface area contributed by atoms with Crippen LogP contribution in [0.1, 0.15) is 39.0 Å². The summed E-state index contributed by atoms with van der Waals surface area (Å²) in [6, 6.07) is -0.0278. The van der Waals surface area contributed by atoms with E-state index in [4.69, 9.17) is 11.6 Å². The van der Waals surface area contributed by atoms with Crippen LogP contribution in [0.15, 0.2) is 0 Å². The van der Waals surface area contributed by atoms with Crippen LogP contribution in [0.5, 0.6) is 0 Å². The van der Waals surface area contributed by atoms with E-state index in [-0.39, 0.29) is 22.9 Å². The predicted molar refractivity (Wildman–Crippen MR) is 65.7 cm³/mol. The smallest absolute Gasteiger partial charge is 0.237 e. The van der Waals surface area contributed by atoms with Crippen LogP contribution in [-0.4, -0.2) is 41.4 Å². The van der Waals surface area contributed by atoms with E-state index in [2.05, 4.69) is 17.1 Å². The molecular weight excluding hydrogens is 224 g/mol. The summed E-state index contributed by atoms with van der Waals surface area (Å²) in [7, 11) is 1.98. The lowest BCUT2D eigenvalue weighted by Gasteiger charge is -2.28. The quantitative estimate of drug-likeness (QED) is 0.751. The van der Waals surface area contributed by atoms with Crippen LogP contribution in [0.2, 0.25) is 0 Å². The molecular formula is C12H21ClN2O. The van der Waals surface area contributed by atoms with E-state index in [1.54, 1.807) is 0 Å². The Hall–Kier alpha value is -0.280. The minimum Gasteiger partial charge on any atom is -0.350 e. The normalized spacial score (nSPS) is 34.2. The molecule has 3 nitrogen and oxygen atoms in total. The molecule has 0 bridgehead atoms. The first-order chi connectivity index (χ1) is 7.50. The molecule has 1 saturated heterocycles. The van der Waals surface area contributed by atoms with Crippen molar-refractivity contribution >= 4 is 17.5 Å². The molecule has 1 amide bonds. The molecule has 1 saturated carbocycles. The van der Waals surface area contributed by atoms with Crippen molar-refractivity contribution in [2.24, 2.45) is 0 Å². The van der Waals surface area contributed by atoms with Gasteiger partial charge in [0.1, 0.15) is 0 Å². The zero-order valence-corrected chi connectivity index (χ0v) is 10.9. The lowest BCUT2D eigenvalue weighted by atomic mass is 10.00. The number of hydrogen-bond acceptors (Lipinski definition) is 2. The van der Waals surface area contributed by atoms with Gasteiger partial charge in [0, 0.05) is 17.5 Å². The number of rotatable bonds is 2. The first kappa shape index (κ1) is 12.2. The number of alkyl halides is 1. The van der Waals surface area contributed by atoms with Crippen LogP contribution >= 0.6 is 11.6 Å². The van der Waals surface area contributed by atoms with E-state index >= 15 is 0 Å². The fourth-order valence-electron chi connectivity index (χ4n) is 2.90. The van der Waals surface area contributed by atoms with Crippen LogP contribution in [0.4, 0.5) is 0 Å². The van der Waals surface area contributed by atoms with Crippen molar-refractivity contribution in [3.63, 3.8) is 0 Å². The highest BCUT2D eigenvalue weighted by Gasteiger charge is 2.37. The van der Waals surface area contributed by atoms with Crippen molar-refractivity contribution in [1.29, 1.82) is 0 Å². The number of likely N-dealkylation sites (tertiary alicyclic amines) is 1. The molecule has 2 rings (SSSR count). The molecule has 0 aromatic carbocycles. The summed E-state index contributed by atoms with van der Waals surface area (Å²) in [5.41, 5.74) is 0.0301. The summed E-state index contributed by atoms with van der Waals surface area (Å²) in [6.45, 7) is 2.97. The molecule has 4 heteroatoms. The van der Waals surface area contributed by atoms with Gasteiger partial charge in [-0.3, -0.25) is 9.69 Å². The molecule has 2 atom stereocenters.